The Labute approximate surface area is 352 Å². The van der Waals surface area contributed by atoms with Gasteiger partial charge in [0.25, 0.3) is 0 Å². The van der Waals surface area contributed by atoms with Crippen molar-refractivity contribution in [1.82, 2.24) is 0 Å². The van der Waals surface area contributed by atoms with Gasteiger partial charge in [-0.05, 0) is 133 Å². The van der Waals surface area contributed by atoms with E-state index in [9.17, 15) is 0 Å². The SMILES string of the molecule is C=CC1=C(/C=C(\C)N(/C(C)=C/C=C2\Cc3ccccc3N2/C(=C/C=C\C)CC)c2ccccc2-c2ccccc2)c2ccccc2C12C(C)=C(/C=C\C)c1ccccc12. The standard InChI is InChI=1S/C57H54N2/c1-8-12-28-45(10-3)59-46(39-44-27-16-22-34-55(44)59)37-36-40(5)58(56-35-23-19-29-48(56)43-25-14-13-15-26-43)41(6)38-51-50-31-18-21-33-54(50)57(52(51)11-4)42(7)47(24-9-2)49-30-17-20-32-53(49)57/h8-9,11-38H,4,10,39H2,1-3,5-7H3/b12-8-,24-9-,40-36+,41-38+,45-28+,46-37+. The second-order valence-corrected chi connectivity index (χ2v) is 15.6. The Balaban J connectivity index is 1.34. The summed E-state index contributed by atoms with van der Waals surface area (Å²) in [4.78, 5) is 4.90. The number of anilines is 2. The maximum absolute atomic E-state index is 4.54. The molecule has 8 rings (SSSR count). The summed E-state index contributed by atoms with van der Waals surface area (Å²) in [6, 6.07) is 46.3. The molecule has 0 bridgehead atoms. The average molecular weight is 767 g/mol. The normalized spacial score (nSPS) is 18.5. The molecule has 0 saturated carbocycles. The Morgan fingerprint density at radius 1 is 0.712 bits per heavy atom. The van der Waals surface area contributed by atoms with E-state index in [0.29, 0.717) is 0 Å². The highest BCUT2D eigenvalue weighted by Crippen LogP contribution is 2.61. The van der Waals surface area contributed by atoms with Gasteiger partial charge in [-0.3, -0.25) is 0 Å². The molecule has 2 aliphatic carbocycles. The van der Waals surface area contributed by atoms with Gasteiger partial charge in [-0.2, -0.15) is 0 Å². The van der Waals surface area contributed by atoms with E-state index < -0.39 is 5.41 Å². The lowest BCUT2D eigenvalue weighted by molar-refractivity contribution is 0.760. The first kappa shape index (κ1) is 39.2. The average Bonchev–Trinajstić information content (AvgIpc) is 3.86. The topological polar surface area (TPSA) is 6.48 Å². The van der Waals surface area contributed by atoms with Gasteiger partial charge in [0.05, 0.1) is 11.1 Å². The molecule has 1 atom stereocenters. The smallest absolute Gasteiger partial charge is 0.0685 e. The van der Waals surface area contributed by atoms with Gasteiger partial charge >= 0.3 is 0 Å². The van der Waals surface area contributed by atoms with E-state index in [1.165, 1.54) is 78.3 Å². The molecule has 3 aliphatic rings. The first-order valence-electron chi connectivity index (χ1n) is 21.0. The molecule has 0 aromatic heterocycles. The van der Waals surface area contributed by atoms with Gasteiger partial charge < -0.3 is 9.80 Å². The van der Waals surface area contributed by atoms with Crippen molar-refractivity contribution in [3.05, 3.63) is 250 Å². The van der Waals surface area contributed by atoms with E-state index in [-0.39, 0.29) is 0 Å². The number of allylic oxidation sites excluding steroid dienone is 17. The van der Waals surface area contributed by atoms with Crippen LogP contribution in [0, 0.1) is 0 Å². The highest BCUT2D eigenvalue weighted by atomic mass is 15.2. The third kappa shape index (κ3) is 6.63. The lowest BCUT2D eigenvalue weighted by Gasteiger charge is -2.32. The van der Waals surface area contributed by atoms with Gasteiger partial charge in [0.1, 0.15) is 0 Å². The van der Waals surface area contributed by atoms with E-state index in [1.54, 1.807) is 0 Å². The number of rotatable bonds is 11. The van der Waals surface area contributed by atoms with Crippen LogP contribution in [0.3, 0.4) is 0 Å². The van der Waals surface area contributed by atoms with Gasteiger partial charge in [0.2, 0.25) is 0 Å². The first-order valence-corrected chi connectivity index (χ1v) is 21.0. The molecule has 2 nitrogen and oxygen atoms in total. The van der Waals surface area contributed by atoms with Crippen LogP contribution < -0.4 is 9.80 Å². The molecular weight excluding hydrogens is 713 g/mol. The molecular formula is C57H54N2. The monoisotopic (exact) mass is 766 g/mol. The molecule has 1 heterocycles. The highest BCUT2D eigenvalue weighted by Gasteiger charge is 2.51. The number of fused-ring (bicyclic) bond motifs is 5. The van der Waals surface area contributed by atoms with E-state index in [0.717, 1.165) is 29.9 Å². The van der Waals surface area contributed by atoms with E-state index >= 15 is 0 Å². The lowest BCUT2D eigenvalue weighted by atomic mass is 9.69. The Bertz CT molecular complexity index is 2690. The van der Waals surface area contributed by atoms with Crippen LogP contribution in [-0.4, -0.2) is 0 Å². The van der Waals surface area contributed by atoms with Crippen molar-refractivity contribution in [3.63, 3.8) is 0 Å². The van der Waals surface area contributed by atoms with Crippen molar-refractivity contribution in [2.24, 2.45) is 0 Å². The molecule has 0 saturated heterocycles. The molecule has 0 fully saturated rings. The van der Waals surface area contributed by atoms with Gasteiger partial charge in [-0.25, -0.2) is 0 Å². The van der Waals surface area contributed by atoms with E-state index in [1.807, 2.05) is 0 Å². The van der Waals surface area contributed by atoms with Crippen molar-refractivity contribution in [2.45, 2.75) is 59.8 Å². The summed E-state index contributed by atoms with van der Waals surface area (Å²) in [5.74, 6) is 0. The second kappa shape index (κ2) is 16.7. The lowest BCUT2D eigenvalue weighted by Crippen LogP contribution is -2.27. The van der Waals surface area contributed by atoms with Crippen LogP contribution in [0.4, 0.5) is 11.4 Å². The Hall–Kier alpha value is -6.64. The van der Waals surface area contributed by atoms with Crippen LogP contribution in [0.15, 0.2) is 223 Å². The van der Waals surface area contributed by atoms with Gasteiger partial charge in [-0.15, -0.1) is 0 Å². The zero-order valence-corrected chi connectivity index (χ0v) is 35.3. The van der Waals surface area contributed by atoms with Crippen molar-refractivity contribution in [3.8, 4) is 11.1 Å². The third-order valence-electron chi connectivity index (χ3n) is 12.3. The molecule has 0 N–H and O–H groups in total. The molecule has 0 amide bonds. The molecule has 0 radical (unpaired) electrons. The summed E-state index contributed by atoms with van der Waals surface area (Å²) in [5, 5.41) is 0. The summed E-state index contributed by atoms with van der Waals surface area (Å²) < 4.78 is 0. The molecule has 292 valence electrons. The van der Waals surface area contributed by atoms with Crippen molar-refractivity contribution in [1.29, 1.82) is 0 Å². The summed E-state index contributed by atoms with van der Waals surface area (Å²) in [5.41, 5.74) is 20.7. The van der Waals surface area contributed by atoms with Crippen LogP contribution in [0.1, 0.15) is 75.8 Å². The van der Waals surface area contributed by atoms with Crippen LogP contribution in [0.5, 0.6) is 0 Å². The summed E-state index contributed by atoms with van der Waals surface area (Å²) in [7, 11) is 0. The maximum Gasteiger partial charge on any atom is 0.0685 e. The number of benzene rings is 5. The van der Waals surface area contributed by atoms with Gasteiger partial charge in [0, 0.05) is 40.5 Å². The number of hydrogen-bond acceptors (Lipinski definition) is 2. The Morgan fingerprint density at radius 3 is 2.02 bits per heavy atom. The highest BCUT2D eigenvalue weighted by molar-refractivity contribution is 5.99. The second-order valence-electron chi connectivity index (χ2n) is 15.6. The predicted octanol–water partition coefficient (Wildman–Crippen LogP) is 15.1. The summed E-state index contributed by atoms with van der Waals surface area (Å²) in [6.07, 6.45) is 21.9. The zero-order valence-electron chi connectivity index (χ0n) is 35.3. The van der Waals surface area contributed by atoms with Crippen molar-refractivity contribution in [2.75, 3.05) is 9.80 Å². The minimum absolute atomic E-state index is 0.434. The predicted molar refractivity (Wildman–Crippen MR) is 254 cm³/mol. The van der Waals surface area contributed by atoms with Gasteiger partial charge in [0.15, 0.2) is 0 Å². The van der Waals surface area contributed by atoms with Crippen LogP contribution in [0.2, 0.25) is 0 Å². The fourth-order valence-corrected chi connectivity index (χ4v) is 9.77. The minimum Gasteiger partial charge on any atom is -0.318 e. The van der Waals surface area contributed by atoms with Crippen LogP contribution >= 0.6 is 0 Å². The summed E-state index contributed by atoms with van der Waals surface area (Å²) in [6.45, 7) is 17.8. The molecule has 5 aromatic carbocycles. The van der Waals surface area contributed by atoms with Crippen molar-refractivity contribution < 1.29 is 0 Å². The number of para-hydroxylation sites is 2. The van der Waals surface area contributed by atoms with Crippen LogP contribution in [-0.2, 0) is 11.8 Å². The Morgan fingerprint density at radius 2 is 1.34 bits per heavy atom. The largest absolute Gasteiger partial charge is 0.318 e. The van der Waals surface area contributed by atoms with Crippen LogP contribution in [0.25, 0.3) is 22.3 Å². The molecule has 2 heteroatoms. The molecule has 59 heavy (non-hydrogen) atoms. The maximum atomic E-state index is 4.54. The molecule has 1 spiro atoms. The Kier molecular flexibility index (Phi) is 11.1. The van der Waals surface area contributed by atoms with E-state index in [2.05, 4.69) is 240 Å². The summed E-state index contributed by atoms with van der Waals surface area (Å²) >= 11 is 0. The third-order valence-corrected chi connectivity index (χ3v) is 12.3. The van der Waals surface area contributed by atoms with E-state index in [4.69, 9.17) is 0 Å². The fraction of sp³-hybridized carbons (Fsp3) is 0.158. The van der Waals surface area contributed by atoms with Crippen molar-refractivity contribution >= 4 is 22.5 Å². The molecule has 1 unspecified atom stereocenters. The first-order chi connectivity index (χ1) is 28.9. The fourth-order valence-electron chi connectivity index (χ4n) is 9.77. The quantitative estimate of drug-likeness (QED) is 0.124. The van der Waals surface area contributed by atoms with Gasteiger partial charge in [-0.1, -0.05) is 159 Å². The molecule has 5 aromatic rings. The minimum atomic E-state index is -0.434. The number of nitrogens with zero attached hydrogens (tertiary/aromatic N) is 2. The zero-order chi connectivity index (χ0) is 41.1. The molecule has 1 aliphatic heterocycles. The number of hydrogen-bond donors (Lipinski definition) is 0.